The van der Waals surface area contributed by atoms with Crippen LogP contribution in [-0.2, 0) is 11.3 Å². The maximum Gasteiger partial charge on any atom is 0.511 e. The van der Waals surface area contributed by atoms with E-state index in [1.807, 2.05) is 0 Å². The van der Waals surface area contributed by atoms with Crippen molar-refractivity contribution in [3.63, 3.8) is 0 Å². The molecular weight excluding hydrogens is 488 g/mol. The number of ether oxygens (including phenoxy) is 1. The van der Waals surface area contributed by atoms with Crippen LogP contribution < -0.4 is 15.4 Å². The third kappa shape index (κ3) is 6.10. The van der Waals surface area contributed by atoms with Gasteiger partial charge in [0.15, 0.2) is 0 Å². The lowest BCUT2D eigenvalue weighted by atomic mass is 10.0. The van der Waals surface area contributed by atoms with Crippen molar-refractivity contribution in [1.29, 1.82) is 0 Å². The van der Waals surface area contributed by atoms with Crippen molar-refractivity contribution in [2.24, 2.45) is 0 Å². The number of nitrogens with zero attached hydrogens (tertiary/aromatic N) is 4. The molecule has 2 aromatic heterocycles. The fourth-order valence-electron chi connectivity index (χ4n) is 4.19. The summed E-state index contributed by atoms with van der Waals surface area (Å²) in [7, 11) is 0. The Morgan fingerprint density at radius 3 is 2.58 bits per heavy atom. The first-order chi connectivity index (χ1) is 17.2. The van der Waals surface area contributed by atoms with Crippen LogP contribution in [0, 0.1) is 0 Å². The quantitative estimate of drug-likeness (QED) is 0.322. The zero-order valence-corrected chi connectivity index (χ0v) is 20.7. The number of amides is 2. The lowest BCUT2D eigenvalue weighted by molar-refractivity contribution is -0.116. The van der Waals surface area contributed by atoms with Crippen LogP contribution in [-0.4, -0.2) is 67.7 Å². The molecule has 36 heavy (non-hydrogen) atoms. The van der Waals surface area contributed by atoms with E-state index in [0.717, 1.165) is 25.9 Å². The van der Waals surface area contributed by atoms with Gasteiger partial charge in [-0.1, -0.05) is 11.6 Å². The van der Waals surface area contributed by atoms with E-state index in [2.05, 4.69) is 39.3 Å². The first-order valence-corrected chi connectivity index (χ1v) is 11.9. The Bertz CT molecular complexity index is 1270. The number of carbonyl (C=O) groups excluding carboxylic acids is 2. The second-order valence-electron chi connectivity index (χ2n) is 8.83. The fraction of sp³-hybridized carbons (Fsp3) is 0.375. The predicted molar refractivity (Wildman–Crippen MR) is 133 cm³/mol. The van der Waals surface area contributed by atoms with Crippen LogP contribution in [0.25, 0.3) is 11.0 Å². The number of imidazole rings is 1. The molecule has 1 aliphatic heterocycles. The minimum atomic E-state index is -1.46. The van der Waals surface area contributed by atoms with Gasteiger partial charge in [-0.25, -0.2) is 14.8 Å². The Kier molecular flexibility index (Phi) is 7.70. The summed E-state index contributed by atoms with van der Waals surface area (Å²) in [6.45, 7) is 5.84. The summed E-state index contributed by atoms with van der Waals surface area (Å²) in [5, 5.41) is 15.1. The molecule has 12 heteroatoms. The molecule has 11 nitrogen and oxygen atoms in total. The van der Waals surface area contributed by atoms with Crippen LogP contribution in [0.3, 0.4) is 0 Å². The van der Waals surface area contributed by atoms with Crippen LogP contribution in [0.5, 0.6) is 5.75 Å². The topological polar surface area (TPSA) is 139 Å². The van der Waals surface area contributed by atoms with Gasteiger partial charge in [-0.15, -0.1) is 0 Å². The number of likely N-dealkylation sites (tertiary alicyclic amines) is 1. The second-order valence-corrected chi connectivity index (χ2v) is 9.26. The standard InChI is InChI=1S/C24H27ClN6O5/c1-14(2)30-9-7-16(8-10-30)27-23(33)22-28-18-11-17(36-24(34)35)4-5-19(18)31(22)13-21(32)29-20-6-3-15(25)12-26-20/h3-6,11-12,14,16H,7-10,13H2,1-2H3,(H,27,33)(H,34,35)(H,26,29,32). The third-order valence-electron chi connectivity index (χ3n) is 6.02. The molecule has 0 aliphatic carbocycles. The van der Waals surface area contributed by atoms with E-state index in [0.29, 0.717) is 27.9 Å². The molecule has 0 saturated carbocycles. The number of nitrogens with one attached hydrogen (secondary N) is 2. The van der Waals surface area contributed by atoms with Gasteiger partial charge in [0.25, 0.3) is 5.91 Å². The van der Waals surface area contributed by atoms with Crippen LogP contribution in [0.15, 0.2) is 36.5 Å². The molecule has 3 aromatic rings. The van der Waals surface area contributed by atoms with Crippen LogP contribution in [0.4, 0.5) is 10.6 Å². The smallest absolute Gasteiger partial charge is 0.449 e. The number of pyridine rings is 1. The summed E-state index contributed by atoms with van der Waals surface area (Å²) >= 11 is 5.85. The Hall–Kier alpha value is -3.70. The SMILES string of the molecule is CC(C)N1CCC(NC(=O)c2nc3cc(OC(=O)O)ccc3n2CC(=O)Nc2ccc(Cl)cn2)CC1. The average Bonchev–Trinajstić information content (AvgIpc) is 3.18. The van der Waals surface area contributed by atoms with E-state index in [4.69, 9.17) is 21.4 Å². The minimum absolute atomic E-state index is 0.0150. The summed E-state index contributed by atoms with van der Waals surface area (Å²) in [6.07, 6.45) is 1.57. The molecule has 190 valence electrons. The maximum absolute atomic E-state index is 13.3. The summed E-state index contributed by atoms with van der Waals surface area (Å²) in [5.41, 5.74) is 0.803. The molecule has 0 radical (unpaired) electrons. The number of aromatic nitrogens is 3. The molecule has 2 amide bonds. The molecule has 1 aliphatic rings. The zero-order chi connectivity index (χ0) is 25.8. The van der Waals surface area contributed by atoms with Crippen LogP contribution in [0.1, 0.15) is 37.3 Å². The van der Waals surface area contributed by atoms with E-state index in [1.54, 1.807) is 18.2 Å². The molecular formula is C24H27ClN6O5. The molecule has 1 fully saturated rings. The lowest BCUT2D eigenvalue weighted by Crippen LogP contribution is -2.47. The Morgan fingerprint density at radius 2 is 1.94 bits per heavy atom. The van der Waals surface area contributed by atoms with E-state index in [9.17, 15) is 14.4 Å². The molecule has 3 N–H and O–H groups in total. The summed E-state index contributed by atoms with van der Waals surface area (Å²) in [4.78, 5) is 47.8. The molecule has 4 rings (SSSR count). The summed E-state index contributed by atoms with van der Waals surface area (Å²) < 4.78 is 6.21. The van der Waals surface area contributed by atoms with Crippen molar-refractivity contribution in [2.45, 2.75) is 45.3 Å². The van der Waals surface area contributed by atoms with Crippen LogP contribution >= 0.6 is 11.6 Å². The van der Waals surface area contributed by atoms with Crippen LogP contribution in [0.2, 0.25) is 5.02 Å². The van der Waals surface area contributed by atoms with Gasteiger partial charge in [-0.2, -0.15) is 0 Å². The number of hydrogen-bond donors (Lipinski definition) is 3. The summed E-state index contributed by atoms with van der Waals surface area (Å²) in [6, 6.07) is 8.02. The Balaban J connectivity index is 1.57. The second kappa shape index (κ2) is 10.9. The number of anilines is 1. The normalized spacial score (nSPS) is 14.7. The Morgan fingerprint density at radius 1 is 1.19 bits per heavy atom. The van der Waals surface area contributed by atoms with Gasteiger partial charge in [0.05, 0.1) is 16.1 Å². The van der Waals surface area contributed by atoms with Crippen molar-refractivity contribution in [2.75, 3.05) is 18.4 Å². The number of benzene rings is 1. The Labute approximate surface area is 212 Å². The number of hydrogen-bond acceptors (Lipinski definition) is 7. The first-order valence-electron chi connectivity index (χ1n) is 11.6. The highest BCUT2D eigenvalue weighted by Gasteiger charge is 2.26. The number of piperidine rings is 1. The largest absolute Gasteiger partial charge is 0.511 e. The molecule has 3 heterocycles. The zero-order valence-electron chi connectivity index (χ0n) is 19.9. The van der Waals surface area contributed by atoms with E-state index in [-0.39, 0.29) is 24.2 Å². The predicted octanol–water partition coefficient (Wildman–Crippen LogP) is 3.38. The van der Waals surface area contributed by atoms with E-state index >= 15 is 0 Å². The number of halogens is 1. The van der Waals surface area contributed by atoms with Crippen molar-refractivity contribution in [3.8, 4) is 5.75 Å². The fourth-order valence-corrected chi connectivity index (χ4v) is 4.30. The molecule has 0 bridgehead atoms. The van der Waals surface area contributed by atoms with Crippen molar-refractivity contribution < 1.29 is 24.2 Å². The van der Waals surface area contributed by atoms with Gasteiger partial charge < -0.3 is 29.9 Å². The minimum Gasteiger partial charge on any atom is -0.449 e. The molecule has 0 atom stereocenters. The maximum atomic E-state index is 13.3. The van der Waals surface area contributed by atoms with E-state index in [1.165, 1.54) is 22.9 Å². The molecule has 1 saturated heterocycles. The number of carboxylic acid groups (broad SMARTS) is 1. The van der Waals surface area contributed by atoms with Gasteiger partial charge in [0, 0.05) is 37.4 Å². The average molecular weight is 515 g/mol. The van der Waals surface area contributed by atoms with Gasteiger partial charge in [-0.05, 0) is 51.0 Å². The van der Waals surface area contributed by atoms with Gasteiger partial charge in [0.1, 0.15) is 18.1 Å². The molecule has 0 unspecified atom stereocenters. The van der Waals surface area contributed by atoms with E-state index < -0.39 is 18.0 Å². The number of rotatable bonds is 7. The van der Waals surface area contributed by atoms with Crippen molar-refractivity contribution >= 4 is 46.4 Å². The molecule has 0 spiro atoms. The first kappa shape index (κ1) is 25.4. The number of carbonyl (C=O) groups is 3. The van der Waals surface area contributed by atoms with Gasteiger partial charge >= 0.3 is 6.16 Å². The highest BCUT2D eigenvalue weighted by molar-refractivity contribution is 6.30. The number of fused-ring (bicyclic) bond motifs is 1. The van der Waals surface area contributed by atoms with Crippen molar-refractivity contribution in [3.05, 3.63) is 47.4 Å². The van der Waals surface area contributed by atoms with Crippen molar-refractivity contribution in [1.82, 2.24) is 24.8 Å². The highest BCUT2D eigenvalue weighted by atomic mass is 35.5. The monoisotopic (exact) mass is 514 g/mol. The molecule has 1 aromatic carbocycles. The van der Waals surface area contributed by atoms with Gasteiger partial charge in [0.2, 0.25) is 11.7 Å². The lowest BCUT2D eigenvalue weighted by Gasteiger charge is -2.34. The summed E-state index contributed by atoms with van der Waals surface area (Å²) in [5.74, 6) is -0.416. The highest BCUT2D eigenvalue weighted by Crippen LogP contribution is 2.23. The third-order valence-corrected chi connectivity index (χ3v) is 6.24. The van der Waals surface area contributed by atoms with Gasteiger partial charge in [-0.3, -0.25) is 9.59 Å².